The lowest BCUT2D eigenvalue weighted by Gasteiger charge is -2.22. The van der Waals surface area contributed by atoms with Crippen molar-refractivity contribution in [2.45, 2.75) is 43.5 Å². The molecule has 0 heterocycles. The molecule has 1 aliphatic rings. The van der Waals surface area contributed by atoms with Crippen molar-refractivity contribution in [3.05, 3.63) is 29.6 Å². The first-order chi connectivity index (χ1) is 9.84. The van der Waals surface area contributed by atoms with Gasteiger partial charge in [-0.05, 0) is 37.5 Å². The van der Waals surface area contributed by atoms with E-state index in [0.29, 0.717) is 6.54 Å². The van der Waals surface area contributed by atoms with Crippen molar-refractivity contribution >= 4 is 15.9 Å². The Morgan fingerprint density at radius 2 is 2.10 bits per heavy atom. The van der Waals surface area contributed by atoms with E-state index in [1.54, 1.807) is 4.90 Å². The van der Waals surface area contributed by atoms with E-state index in [1.807, 2.05) is 6.92 Å². The zero-order chi connectivity index (χ0) is 15.6. The molecule has 0 aliphatic heterocycles. The summed E-state index contributed by atoms with van der Waals surface area (Å²) in [6.07, 6.45) is 3.58. The van der Waals surface area contributed by atoms with Gasteiger partial charge in [-0.1, -0.05) is 13.3 Å². The molecule has 2 N–H and O–H groups in total. The van der Waals surface area contributed by atoms with Gasteiger partial charge in [-0.25, -0.2) is 17.9 Å². The Kier molecular flexibility index (Phi) is 4.63. The summed E-state index contributed by atoms with van der Waals surface area (Å²) in [7, 11) is -3.96. The maximum absolute atomic E-state index is 13.9. The van der Waals surface area contributed by atoms with E-state index < -0.39 is 21.7 Å². The molecule has 1 aliphatic carbocycles. The van der Waals surface area contributed by atoms with Gasteiger partial charge in [0.25, 0.3) is 5.91 Å². The smallest absolute Gasteiger partial charge is 0.257 e. The predicted octanol–water partition coefficient (Wildman–Crippen LogP) is 1.88. The monoisotopic (exact) mass is 314 g/mol. The van der Waals surface area contributed by atoms with Crippen LogP contribution in [0.25, 0.3) is 0 Å². The van der Waals surface area contributed by atoms with E-state index in [0.717, 1.165) is 43.9 Å². The van der Waals surface area contributed by atoms with Crippen LogP contribution < -0.4 is 5.14 Å². The number of halogens is 1. The molecule has 1 saturated carbocycles. The van der Waals surface area contributed by atoms with Crippen LogP contribution in [0.5, 0.6) is 0 Å². The first-order valence-electron chi connectivity index (χ1n) is 6.98. The summed E-state index contributed by atoms with van der Waals surface area (Å²) in [6.45, 7) is 2.57. The van der Waals surface area contributed by atoms with Gasteiger partial charge < -0.3 is 4.90 Å². The zero-order valence-electron chi connectivity index (χ0n) is 11.9. The number of hydrogen-bond donors (Lipinski definition) is 1. The average Bonchev–Trinajstić information content (AvgIpc) is 3.22. The molecule has 1 fully saturated rings. The predicted molar refractivity (Wildman–Crippen MR) is 76.7 cm³/mol. The molecule has 0 aromatic heterocycles. The third-order valence-corrected chi connectivity index (χ3v) is 4.41. The summed E-state index contributed by atoms with van der Waals surface area (Å²) >= 11 is 0. The van der Waals surface area contributed by atoms with Gasteiger partial charge in [0.15, 0.2) is 0 Å². The highest BCUT2D eigenvalue weighted by Crippen LogP contribution is 2.29. The van der Waals surface area contributed by atoms with E-state index >= 15 is 0 Å². The minimum Gasteiger partial charge on any atom is -0.336 e. The van der Waals surface area contributed by atoms with Crippen LogP contribution in [-0.4, -0.2) is 31.8 Å². The third-order valence-electron chi connectivity index (χ3n) is 3.50. The first kappa shape index (κ1) is 15.9. The number of amides is 1. The molecule has 0 spiro atoms. The molecule has 21 heavy (non-hydrogen) atoms. The Balaban J connectivity index is 2.32. The Bertz CT molecular complexity index is 642. The molecule has 0 atom stereocenters. The van der Waals surface area contributed by atoms with Crippen molar-refractivity contribution in [3.8, 4) is 0 Å². The second-order valence-electron chi connectivity index (χ2n) is 5.27. The van der Waals surface area contributed by atoms with E-state index in [2.05, 4.69) is 0 Å². The Morgan fingerprint density at radius 3 is 2.62 bits per heavy atom. The minimum atomic E-state index is -3.96. The van der Waals surface area contributed by atoms with Crippen LogP contribution in [0.1, 0.15) is 43.0 Å². The molecule has 1 aromatic carbocycles. The Morgan fingerprint density at radius 1 is 1.43 bits per heavy atom. The van der Waals surface area contributed by atoms with Gasteiger partial charge in [0, 0.05) is 12.6 Å². The number of benzene rings is 1. The van der Waals surface area contributed by atoms with Crippen molar-refractivity contribution in [1.29, 1.82) is 0 Å². The molecule has 1 aromatic rings. The number of carbonyl (C=O) groups excluding carboxylic acids is 1. The molecule has 2 rings (SSSR count). The zero-order valence-corrected chi connectivity index (χ0v) is 12.7. The van der Waals surface area contributed by atoms with Gasteiger partial charge >= 0.3 is 0 Å². The van der Waals surface area contributed by atoms with Crippen LogP contribution in [0.2, 0.25) is 0 Å². The van der Waals surface area contributed by atoms with Gasteiger partial charge in [0.2, 0.25) is 10.0 Å². The van der Waals surface area contributed by atoms with Crippen molar-refractivity contribution in [1.82, 2.24) is 4.90 Å². The second kappa shape index (κ2) is 6.11. The molecule has 7 heteroatoms. The Labute approximate surface area is 124 Å². The lowest BCUT2D eigenvalue weighted by Crippen LogP contribution is -2.34. The van der Waals surface area contributed by atoms with Crippen LogP contribution in [0.3, 0.4) is 0 Å². The quantitative estimate of drug-likeness (QED) is 0.870. The number of unbranched alkanes of at least 4 members (excludes halogenated alkanes) is 1. The molecule has 0 saturated heterocycles. The van der Waals surface area contributed by atoms with Crippen LogP contribution in [0.4, 0.5) is 4.39 Å². The summed E-state index contributed by atoms with van der Waals surface area (Å²) in [5, 5.41) is 5.03. The van der Waals surface area contributed by atoms with Crippen molar-refractivity contribution in [2.75, 3.05) is 6.54 Å². The summed E-state index contributed by atoms with van der Waals surface area (Å²) in [5.41, 5.74) is -0.232. The first-order valence-corrected chi connectivity index (χ1v) is 8.52. The fourth-order valence-electron chi connectivity index (χ4n) is 2.16. The summed E-state index contributed by atoms with van der Waals surface area (Å²) in [6, 6.07) is 3.20. The number of carbonyl (C=O) groups is 1. The van der Waals surface area contributed by atoms with Gasteiger partial charge in [-0.3, -0.25) is 4.79 Å². The van der Waals surface area contributed by atoms with Crippen LogP contribution >= 0.6 is 0 Å². The summed E-state index contributed by atoms with van der Waals surface area (Å²) in [4.78, 5) is 13.9. The summed E-state index contributed by atoms with van der Waals surface area (Å²) < 4.78 is 36.6. The van der Waals surface area contributed by atoms with Crippen molar-refractivity contribution in [2.24, 2.45) is 5.14 Å². The molecule has 0 unspecified atom stereocenters. The maximum Gasteiger partial charge on any atom is 0.257 e. The van der Waals surface area contributed by atoms with Gasteiger partial charge in [0.1, 0.15) is 5.82 Å². The van der Waals surface area contributed by atoms with Crippen LogP contribution in [0.15, 0.2) is 23.1 Å². The fourth-order valence-corrected chi connectivity index (χ4v) is 2.70. The lowest BCUT2D eigenvalue weighted by atomic mass is 10.1. The number of primary sulfonamides is 1. The van der Waals surface area contributed by atoms with E-state index in [4.69, 9.17) is 5.14 Å². The number of hydrogen-bond acceptors (Lipinski definition) is 3. The second-order valence-corrected chi connectivity index (χ2v) is 6.83. The molecule has 0 radical (unpaired) electrons. The number of nitrogens with two attached hydrogens (primary N) is 1. The van der Waals surface area contributed by atoms with Crippen molar-refractivity contribution in [3.63, 3.8) is 0 Å². The average molecular weight is 314 g/mol. The molecular weight excluding hydrogens is 295 g/mol. The molecular formula is C14H19FN2O3S. The third kappa shape index (κ3) is 3.79. The molecule has 5 nitrogen and oxygen atoms in total. The standard InChI is InChI=1S/C14H19FN2O3S/c1-2-3-8-17(10-4-5-10)14(18)12-9-11(21(16,19)20)6-7-13(12)15/h6-7,9-10H,2-5,8H2,1H3,(H2,16,19,20). The van der Waals surface area contributed by atoms with Crippen LogP contribution in [0, 0.1) is 5.82 Å². The molecule has 1 amide bonds. The SMILES string of the molecule is CCCCN(C(=O)c1cc(S(N)(=O)=O)ccc1F)C1CC1. The van der Waals surface area contributed by atoms with Gasteiger partial charge in [0.05, 0.1) is 10.5 Å². The van der Waals surface area contributed by atoms with E-state index in [1.165, 1.54) is 0 Å². The highest BCUT2D eigenvalue weighted by atomic mass is 32.2. The minimum absolute atomic E-state index is 0.140. The van der Waals surface area contributed by atoms with Crippen molar-refractivity contribution < 1.29 is 17.6 Å². The summed E-state index contributed by atoms with van der Waals surface area (Å²) in [5.74, 6) is -1.19. The highest BCUT2D eigenvalue weighted by Gasteiger charge is 2.33. The number of nitrogens with zero attached hydrogens (tertiary/aromatic N) is 1. The number of sulfonamides is 1. The van der Waals surface area contributed by atoms with E-state index in [-0.39, 0.29) is 16.5 Å². The lowest BCUT2D eigenvalue weighted by molar-refractivity contribution is 0.0735. The van der Waals surface area contributed by atoms with Crippen LogP contribution in [-0.2, 0) is 10.0 Å². The van der Waals surface area contributed by atoms with Gasteiger partial charge in [-0.15, -0.1) is 0 Å². The van der Waals surface area contributed by atoms with Gasteiger partial charge in [-0.2, -0.15) is 0 Å². The van der Waals surface area contributed by atoms with E-state index in [9.17, 15) is 17.6 Å². The fraction of sp³-hybridized carbons (Fsp3) is 0.500. The highest BCUT2D eigenvalue weighted by molar-refractivity contribution is 7.89. The molecule has 0 bridgehead atoms. The maximum atomic E-state index is 13.9. The molecule has 116 valence electrons. The topological polar surface area (TPSA) is 80.5 Å². The normalized spacial score (nSPS) is 15.0. The Hall–Kier alpha value is -1.47. The largest absolute Gasteiger partial charge is 0.336 e. The number of rotatable bonds is 6.